The number of hydrogen-bond acceptors (Lipinski definition) is 1. The lowest BCUT2D eigenvalue weighted by molar-refractivity contribution is -0.120. The van der Waals surface area contributed by atoms with Gasteiger partial charge in [0.25, 0.3) is 0 Å². The van der Waals surface area contributed by atoms with Gasteiger partial charge in [0.2, 0.25) is 5.91 Å². The average Bonchev–Trinajstić information content (AvgIpc) is 2.16. The van der Waals surface area contributed by atoms with Crippen molar-refractivity contribution in [2.75, 3.05) is 0 Å². The van der Waals surface area contributed by atoms with Crippen LogP contribution in [0.15, 0.2) is 24.3 Å². The fourth-order valence-corrected chi connectivity index (χ4v) is 1.13. The zero-order valence-corrected chi connectivity index (χ0v) is 8.13. The number of carbonyl (C=O) groups excluding carboxylic acids is 1. The highest BCUT2D eigenvalue weighted by Gasteiger charge is 1.98. The number of aryl methyl sites for hydroxylation is 1. The summed E-state index contributed by atoms with van der Waals surface area (Å²) in [5.74, 6) is 0.100. The van der Waals surface area contributed by atoms with E-state index in [4.69, 9.17) is 0 Å². The highest BCUT2D eigenvalue weighted by molar-refractivity contribution is 5.75. The topological polar surface area (TPSA) is 29.1 Å². The smallest absolute Gasteiger partial charge is 0.219 e. The lowest BCUT2D eigenvalue weighted by Gasteiger charge is -2.06. The van der Waals surface area contributed by atoms with E-state index in [0.717, 1.165) is 0 Å². The maximum absolute atomic E-state index is 11.0. The van der Waals surface area contributed by atoms with Gasteiger partial charge in [-0.1, -0.05) is 31.2 Å². The van der Waals surface area contributed by atoms with Crippen LogP contribution in [0.4, 0.5) is 0 Å². The van der Waals surface area contributed by atoms with Crippen LogP contribution in [-0.2, 0) is 11.3 Å². The van der Waals surface area contributed by atoms with Crippen molar-refractivity contribution in [3.63, 3.8) is 0 Å². The van der Waals surface area contributed by atoms with E-state index < -0.39 is 0 Å². The summed E-state index contributed by atoms with van der Waals surface area (Å²) in [4.78, 5) is 11.0. The third-order valence-corrected chi connectivity index (χ3v) is 2.06. The van der Waals surface area contributed by atoms with Crippen LogP contribution >= 0.6 is 0 Å². The largest absolute Gasteiger partial charge is 0.352 e. The molecule has 0 aliphatic rings. The Balaban J connectivity index is 2.54. The third kappa shape index (κ3) is 2.90. The minimum Gasteiger partial charge on any atom is -0.352 e. The molecule has 0 spiro atoms. The summed E-state index contributed by atoms with van der Waals surface area (Å²) in [6, 6.07) is 8.07. The molecule has 0 radical (unpaired) electrons. The van der Waals surface area contributed by atoms with Crippen LogP contribution in [0.25, 0.3) is 0 Å². The van der Waals surface area contributed by atoms with Gasteiger partial charge in [0, 0.05) is 13.0 Å². The van der Waals surface area contributed by atoms with Gasteiger partial charge in [-0.25, -0.2) is 0 Å². The molecule has 2 nitrogen and oxygen atoms in total. The predicted molar refractivity (Wildman–Crippen MR) is 53.3 cm³/mol. The lowest BCUT2D eigenvalue weighted by Crippen LogP contribution is -2.21. The molecule has 1 aromatic rings. The normalized spacial score (nSPS) is 9.69. The van der Waals surface area contributed by atoms with Crippen LogP contribution in [0, 0.1) is 6.92 Å². The van der Waals surface area contributed by atoms with Crippen LogP contribution in [0.3, 0.4) is 0 Å². The fourth-order valence-electron chi connectivity index (χ4n) is 1.13. The molecule has 1 aromatic carbocycles. The van der Waals surface area contributed by atoms with Gasteiger partial charge in [0.15, 0.2) is 0 Å². The Morgan fingerprint density at radius 1 is 1.38 bits per heavy atom. The van der Waals surface area contributed by atoms with Crippen molar-refractivity contribution in [3.8, 4) is 0 Å². The maximum atomic E-state index is 11.0. The molecule has 0 aromatic heterocycles. The molecule has 0 aliphatic carbocycles. The summed E-state index contributed by atoms with van der Waals surface area (Å²) in [7, 11) is 0. The molecular formula is C11H15NO. The van der Waals surface area contributed by atoms with Crippen molar-refractivity contribution in [2.24, 2.45) is 0 Å². The maximum Gasteiger partial charge on any atom is 0.219 e. The van der Waals surface area contributed by atoms with Crippen molar-refractivity contribution in [1.82, 2.24) is 5.32 Å². The minimum absolute atomic E-state index is 0.100. The molecular weight excluding hydrogens is 162 g/mol. The molecule has 0 fully saturated rings. The second kappa shape index (κ2) is 4.65. The highest BCUT2D eigenvalue weighted by atomic mass is 16.1. The molecule has 2 heteroatoms. The monoisotopic (exact) mass is 177 g/mol. The molecule has 1 rings (SSSR count). The van der Waals surface area contributed by atoms with Gasteiger partial charge >= 0.3 is 0 Å². The van der Waals surface area contributed by atoms with E-state index in [9.17, 15) is 4.79 Å². The summed E-state index contributed by atoms with van der Waals surface area (Å²) in [6.45, 7) is 4.54. The summed E-state index contributed by atoms with van der Waals surface area (Å²) in [5, 5.41) is 2.85. The van der Waals surface area contributed by atoms with Crippen LogP contribution in [0.1, 0.15) is 24.5 Å². The van der Waals surface area contributed by atoms with E-state index >= 15 is 0 Å². The van der Waals surface area contributed by atoms with Crippen molar-refractivity contribution < 1.29 is 4.79 Å². The van der Waals surface area contributed by atoms with Crippen LogP contribution < -0.4 is 5.32 Å². The molecule has 0 unspecified atom stereocenters. The number of nitrogens with one attached hydrogen (secondary N) is 1. The number of carbonyl (C=O) groups is 1. The van der Waals surface area contributed by atoms with E-state index in [1.807, 2.05) is 38.1 Å². The predicted octanol–water partition coefficient (Wildman–Crippen LogP) is 2.02. The van der Waals surface area contributed by atoms with Gasteiger partial charge in [-0.05, 0) is 18.1 Å². The van der Waals surface area contributed by atoms with Gasteiger partial charge in [-0.15, -0.1) is 0 Å². The average molecular weight is 177 g/mol. The first-order valence-corrected chi connectivity index (χ1v) is 4.55. The lowest BCUT2D eigenvalue weighted by atomic mass is 10.1. The first-order chi connectivity index (χ1) is 6.24. The third-order valence-electron chi connectivity index (χ3n) is 2.06. The highest BCUT2D eigenvalue weighted by Crippen LogP contribution is 2.05. The quantitative estimate of drug-likeness (QED) is 0.752. The number of rotatable bonds is 3. The summed E-state index contributed by atoms with van der Waals surface area (Å²) in [5.41, 5.74) is 2.41. The standard InChI is InChI=1S/C11H15NO/c1-3-11(13)12-8-10-7-5-4-6-9(10)2/h4-7H,3,8H2,1-2H3,(H,12,13). The van der Waals surface area contributed by atoms with E-state index in [-0.39, 0.29) is 5.91 Å². The SMILES string of the molecule is CCC(=O)NCc1ccccc1C. The van der Waals surface area contributed by atoms with Crippen LogP contribution in [0.2, 0.25) is 0 Å². The Hall–Kier alpha value is -1.31. The van der Waals surface area contributed by atoms with Gasteiger partial charge in [-0.3, -0.25) is 4.79 Å². The zero-order valence-electron chi connectivity index (χ0n) is 8.13. The van der Waals surface area contributed by atoms with E-state index in [1.165, 1.54) is 11.1 Å². The van der Waals surface area contributed by atoms with Gasteiger partial charge < -0.3 is 5.32 Å². The molecule has 0 bridgehead atoms. The van der Waals surface area contributed by atoms with E-state index in [0.29, 0.717) is 13.0 Å². The molecule has 1 N–H and O–H groups in total. The van der Waals surface area contributed by atoms with Gasteiger partial charge in [-0.2, -0.15) is 0 Å². The van der Waals surface area contributed by atoms with E-state index in [1.54, 1.807) is 0 Å². The molecule has 0 saturated heterocycles. The molecule has 70 valence electrons. The second-order valence-corrected chi connectivity index (χ2v) is 3.06. The molecule has 0 aliphatic heterocycles. The number of hydrogen-bond donors (Lipinski definition) is 1. The second-order valence-electron chi connectivity index (χ2n) is 3.06. The van der Waals surface area contributed by atoms with Crippen molar-refractivity contribution in [1.29, 1.82) is 0 Å². The first kappa shape index (κ1) is 9.78. The van der Waals surface area contributed by atoms with Crippen molar-refractivity contribution in [2.45, 2.75) is 26.8 Å². The van der Waals surface area contributed by atoms with Crippen LogP contribution in [-0.4, -0.2) is 5.91 Å². The Morgan fingerprint density at radius 2 is 2.08 bits per heavy atom. The van der Waals surface area contributed by atoms with Crippen LogP contribution in [0.5, 0.6) is 0 Å². The summed E-state index contributed by atoms with van der Waals surface area (Å²) < 4.78 is 0. The Morgan fingerprint density at radius 3 is 2.69 bits per heavy atom. The molecule has 1 amide bonds. The molecule has 0 atom stereocenters. The molecule has 0 saturated carbocycles. The fraction of sp³-hybridized carbons (Fsp3) is 0.364. The Kier molecular flexibility index (Phi) is 3.50. The molecule has 0 heterocycles. The Labute approximate surface area is 79.0 Å². The van der Waals surface area contributed by atoms with E-state index in [2.05, 4.69) is 5.32 Å². The first-order valence-electron chi connectivity index (χ1n) is 4.55. The molecule has 13 heavy (non-hydrogen) atoms. The van der Waals surface area contributed by atoms with Crippen molar-refractivity contribution in [3.05, 3.63) is 35.4 Å². The van der Waals surface area contributed by atoms with Crippen molar-refractivity contribution >= 4 is 5.91 Å². The number of benzene rings is 1. The van der Waals surface area contributed by atoms with Gasteiger partial charge in [0.05, 0.1) is 0 Å². The Bertz CT molecular complexity index is 294. The van der Waals surface area contributed by atoms with Gasteiger partial charge in [0.1, 0.15) is 0 Å². The zero-order chi connectivity index (χ0) is 9.68. The minimum atomic E-state index is 0.100. The summed E-state index contributed by atoms with van der Waals surface area (Å²) >= 11 is 0. The number of amides is 1. The summed E-state index contributed by atoms with van der Waals surface area (Å²) in [6.07, 6.45) is 0.548.